The van der Waals surface area contributed by atoms with Gasteiger partial charge in [-0.25, -0.2) is 0 Å². The number of hydrogen-bond donors (Lipinski definition) is 16. The van der Waals surface area contributed by atoms with Gasteiger partial charge in [0.15, 0.2) is 31.5 Å². The Bertz CT molecular complexity index is 2020. The molecule has 0 spiro atoms. The Kier molecular flexibility index (Phi) is 23.1. The highest BCUT2D eigenvalue weighted by atomic mass is 16.8. The van der Waals surface area contributed by atoms with Gasteiger partial charge in [-0.05, 0) is 59.0 Å². The Morgan fingerprint density at radius 3 is 1.70 bits per heavy atom. The van der Waals surface area contributed by atoms with E-state index in [1.165, 1.54) is 0 Å². The standard InChI is InChI=1S/C50H80O27/c1-20(2)8-6-9-21(3)10-7-11-50(5)14-23(12-22(4)31(50)24(55)13-30(57)58)69-49-44(77-45-37(64)32(59)25(56)19-68-45)43(76-46-38(65)34(61)27(16-52)71-46)42(29(18-54)73-49)75-48-40(67)36(63)41(28(17-53)72-48)74-47-39(66)35(62)33(60)26(15-51)70-47/h7-8,10-11,23-29,32-49,51-56,59-67H,6,9,12-19H2,1-5H3,(H,57,58)/b11-7-,21-10+/t23-,24+,25-,26-,27-,28-,29-,32+,33-,34-,35+,36-,37-,38+,39-,40-,41-,42-,43+,44-,45+,46+,47+,48+,49-,50-/m1/s1. The average Bonchev–Trinajstić information content (AvgIpc) is 3.64. The smallest absolute Gasteiger partial charge is 0.306 e. The first-order valence-electron chi connectivity index (χ1n) is 25.7. The first-order chi connectivity index (χ1) is 36.4. The summed E-state index contributed by atoms with van der Waals surface area (Å²) in [7, 11) is 0. The maximum absolute atomic E-state index is 11.9. The van der Waals surface area contributed by atoms with Crippen molar-refractivity contribution in [2.45, 2.75) is 220 Å². The van der Waals surface area contributed by atoms with Crippen molar-refractivity contribution in [2.24, 2.45) is 5.41 Å². The molecule has 0 aromatic carbocycles. The van der Waals surface area contributed by atoms with Crippen LogP contribution in [0.2, 0.25) is 0 Å². The highest BCUT2D eigenvalue weighted by Crippen LogP contribution is 2.47. The fraction of sp³-hybridized carbons (Fsp3) is 0.820. The lowest BCUT2D eigenvalue weighted by atomic mass is 9.67. The van der Waals surface area contributed by atoms with Gasteiger partial charge in [0.1, 0.15) is 110 Å². The van der Waals surface area contributed by atoms with Crippen molar-refractivity contribution in [2.75, 3.05) is 33.0 Å². The Hall–Kier alpha value is -2.57. The van der Waals surface area contributed by atoms with Crippen LogP contribution in [0.1, 0.15) is 66.7 Å². The van der Waals surface area contributed by atoms with Gasteiger partial charge < -0.3 is 129 Å². The van der Waals surface area contributed by atoms with E-state index in [4.69, 9.17) is 47.4 Å². The van der Waals surface area contributed by atoms with Crippen molar-refractivity contribution < 1.29 is 134 Å². The maximum Gasteiger partial charge on any atom is 0.306 e. The van der Waals surface area contributed by atoms with Crippen LogP contribution in [0.25, 0.3) is 0 Å². The second-order valence-corrected chi connectivity index (χ2v) is 21.1. The SMILES string of the molecule is CC(C)=CCC/C(C)=C/C=C\[C@]1(C)C[C@H](O[C@@H]2O[C@H](CO)[C@@H](O[C@@H]3O[C@H](CO)[C@@H](O[C@@H]4O[C@H](CO)[C@@H](O)[C@H](O)[C@H]4O)[C@H](O)[C@H]3O)[C@H](O[C@@H]3O[C@H](CO)[C@@H](O)[C@@H]3O)[C@H]2O[C@@H]2OC[C@@H](O)[C@H](O)[C@H]2O)CC(C)=C1[C@@H](O)CC(=O)O. The molecule has 0 bridgehead atoms. The molecule has 77 heavy (non-hydrogen) atoms. The molecule has 442 valence electrons. The van der Waals surface area contributed by atoms with Crippen LogP contribution in [0.3, 0.4) is 0 Å². The number of hydrogen-bond acceptors (Lipinski definition) is 26. The first kappa shape index (κ1) is 63.6. The molecule has 27 heteroatoms. The van der Waals surface area contributed by atoms with Crippen LogP contribution in [0.5, 0.6) is 0 Å². The summed E-state index contributed by atoms with van der Waals surface area (Å²) in [5.74, 6) is -1.25. The second kappa shape index (κ2) is 27.9. The van der Waals surface area contributed by atoms with Crippen molar-refractivity contribution >= 4 is 5.97 Å². The minimum Gasteiger partial charge on any atom is -0.481 e. The van der Waals surface area contributed by atoms with E-state index >= 15 is 0 Å². The van der Waals surface area contributed by atoms with Crippen LogP contribution in [-0.2, 0) is 52.2 Å². The Labute approximate surface area is 444 Å². The fourth-order valence-corrected chi connectivity index (χ4v) is 10.7. The van der Waals surface area contributed by atoms with Crippen molar-refractivity contribution in [1.29, 1.82) is 0 Å². The van der Waals surface area contributed by atoms with Crippen molar-refractivity contribution in [3.05, 3.63) is 46.6 Å². The van der Waals surface area contributed by atoms with E-state index in [0.717, 1.165) is 24.0 Å². The van der Waals surface area contributed by atoms with Crippen LogP contribution in [0.15, 0.2) is 46.6 Å². The lowest BCUT2D eigenvalue weighted by molar-refractivity contribution is -0.404. The van der Waals surface area contributed by atoms with E-state index in [1.54, 1.807) is 19.9 Å². The summed E-state index contributed by atoms with van der Waals surface area (Å²) in [4.78, 5) is 11.9. The van der Waals surface area contributed by atoms with E-state index < -0.39 is 204 Å². The number of aliphatic hydroxyl groups excluding tert-OH is 15. The molecule has 6 aliphatic rings. The summed E-state index contributed by atoms with van der Waals surface area (Å²) in [6.45, 7) is 5.20. The number of ether oxygens (including phenoxy) is 10. The van der Waals surface area contributed by atoms with E-state index in [1.807, 2.05) is 32.9 Å². The van der Waals surface area contributed by atoms with E-state index in [9.17, 15) is 86.5 Å². The molecule has 5 heterocycles. The summed E-state index contributed by atoms with van der Waals surface area (Å²) in [5, 5.41) is 171. The summed E-state index contributed by atoms with van der Waals surface area (Å²) in [5.41, 5.74) is 2.04. The van der Waals surface area contributed by atoms with Crippen LogP contribution in [-0.4, -0.2) is 274 Å². The predicted molar refractivity (Wildman–Crippen MR) is 257 cm³/mol. The molecule has 0 radical (unpaired) electrons. The highest BCUT2D eigenvalue weighted by Gasteiger charge is 2.58. The van der Waals surface area contributed by atoms with Crippen LogP contribution in [0.4, 0.5) is 0 Å². The quantitative estimate of drug-likeness (QED) is 0.0356. The zero-order chi connectivity index (χ0) is 56.8. The zero-order valence-corrected chi connectivity index (χ0v) is 43.5. The van der Waals surface area contributed by atoms with Gasteiger partial charge in [0.2, 0.25) is 0 Å². The Morgan fingerprint density at radius 1 is 0.623 bits per heavy atom. The molecule has 5 saturated heterocycles. The minimum absolute atomic E-state index is 0.0338. The van der Waals surface area contributed by atoms with Gasteiger partial charge in [0.05, 0.1) is 51.7 Å². The number of carboxylic acids is 1. The number of aliphatic hydroxyl groups is 15. The molecule has 26 atom stereocenters. The lowest BCUT2D eigenvalue weighted by Crippen LogP contribution is -2.68. The molecular formula is C50H80O27. The third kappa shape index (κ3) is 14.9. The van der Waals surface area contributed by atoms with Gasteiger partial charge in [-0.3, -0.25) is 4.79 Å². The second-order valence-electron chi connectivity index (χ2n) is 21.1. The van der Waals surface area contributed by atoms with E-state index in [-0.39, 0.29) is 12.8 Å². The minimum atomic E-state index is -2.18. The van der Waals surface area contributed by atoms with Crippen molar-refractivity contribution in [1.82, 2.24) is 0 Å². The Balaban J connectivity index is 1.38. The molecule has 0 aromatic rings. The van der Waals surface area contributed by atoms with Gasteiger partial charge in [0, 0.05) is 5.41 Å². The van der Waals surface area contributed by atoms with Crippen LogP contribution in [0, 0.1) is 5.41 Å². The maximum atomic E-state index is 11.9. The number of aliphatic carboxylic acids is 1. The predicted octanol–water partition coefficient (Wildman–Crippen LogP) is -5.05. The molecule has 1 aliphatic carbocycles. The monoisotopic (exact) mass is 1110 g/mol. The first-order valence-corrected chi connectivity index (χ1v) is 25.7. The third-order valence-electron chi connectivity index (χ3n) is 14.8. The molecule has 0 saturated carbocycles. The normalized spacial score (nSPS) is 44.6. The van der Waals surface area contributed by atoms with Crippen molar-refractivity contribution in [3.8, 4) is 0 Å². The lowest BCUT2D eigenvalue weighted by Gasteiger charge is -2.51. The fourth-order valence-electron chi connectivity index (χ4n) is 10.7. The molecular weight excluding hydrogens is 1030 g/mol. The highest BCUT2D eigenvalue weighted by molar-refractivity contribution is 5.68. The van der Waals surface area contributed by atoms with Gasteiger partial charge in [-0.15, -0.1) is 0 Å². The average molecular weight is 1110 g/mol. The Morgan fingerprint density at radius 2 is 1.12 bits per heavy atom. The molecule has 5 aliphatic heterocycles. The summed E-state index contributed by atoms with van der Waals surface area (Å²) in [6, 6.07) is 0. The van der Waals surface area contributed by atoms with Crippen LogP contribution < -0.4 is 0 Å². The molecule has 0 aromatic heterocycles. The molecule has 6 rings (SSSR count). The van der Waals surface area contributed by atoms with Gasteiger partial charge in [0.25, 0.3) is 0 Å². The zero-order valence-electron chi connectivity index (χ0n) is 43.5. The van der Waals surface area contributed by atoms with Gasteiger partial charge >= 0.3 is 5.97 Å². The van der Waals surface area contributed by atoms with Gasteiger partial charge in [-0.1, -0.05) is 47.9 Å². The number of carbonyl (C=O) groups is 1. The van der Waals surface area contributed by atoms with Crippen LogP contribution >= 0.6 is 0 Å². The number of rotatable bonds is 22. The van der Waals surface area contributed by atoms with Gasteiger partial charge in [-0.2, -0.15) is 0 Å². The van der Waals surface area contributed by atoms with E-state index in [2.05, 4.69) is 6.08 Å². The summed E-state index contributed by atoms with van der Waals surface area (Å²) in [6.07, 6.45) is -35.8. The molecule has 0 amide bonds. The molecule has 16 N–H and O–H groups in total. The largest absolute Gasteiger partial charge is 0.481 e. The third-order valence-corrected chi connectivity index (χ3v) is 14.8. The number of allylic oxidation sites excluding steroid dienone is 6. The summed E-state index contributed by atoms with van der Waals surface area (Å²) < 4.78 is 60.4. The molecule has 5 fully saturated rings. The van der Waals surface area contributed by atoms with Crippen molar-refractivity contribution in [3.63, 3.8) is 0 Å². The summed E-state index contributed by atoms with van der Waals surface area (Å²) >= 11 is 0. The molecule has 0 unspecified atom stereocenters. The number of carboxylic acid groups (broad SMARTS) is 1. The topological polar surface area (TPSA) is 433 Å². The van der Waals surface area contributed by atoms with E-state index in [0.29, 0.717) is 11.1 Å². The molecule has 27 nitrogen and oxygen atoms in total.